The van der Waals surface area contributed by atoms with E-state index < -0.39 is 5.60 Å². The summed E-state index contributed by atoms with van der Waals surface area (Å²) in [6, 6.07) is 2.02. The molecule has 1 heterocycles. The molecule has 0 aliphatic rings. The zero-order chi connectivity index (χ0) is 11.5. The van der Waals surface area contributed by atoms with Crippen LogP contribution in [-0.4, -0.2) is 38.7 Å². The molecular formula is C10H19N3O2. The summed E-state index contributed by atoms with van der Waals surface area (Å²) in [6.45, 7) is 3.67. The standard InChI is InChI=1S/C10H19N3O2/c1-8(9-4-5-12-13(9)3)11-6-10(2,15)7-14/h4-5,8,11,14-15H,6-7H2,1-3H3. The van der Waals surface area contributed by atoms with Crippen molar-refractivity contribution >= 4 is 0 Å². The summed E-state index contributed by atoms with van der Waals surface area (Å²) >= 11 is 0. The van der Waals surface area contributed by atoms with E-state index in [0.717, 1.165) is 5.69 Å². The molecule has 0 aliphatic heterocycles. The fraction of sp³-hybridized carbons (Fsp3) is 0.700. The molecule has 0 aromatic carbocycles. The number of aliphatic hydroxyl groups excluding tert-OH is 1. The molecule has 0 fully saturated rings. The van der Waals surface area contributed by atoms with Crippen molar-refractivity contribution in [3.63, 3.8) is 0 Å². The largest absolute Gasteiger partial charge is 0.393 e. The minimum Gasteiger partial charge on any atom is -0.393 e. The van der Waals surface area contributed by atoms with Crippen LogP contribution in [0.1, 0.15) is 25.6 Å². The highest BCUT2D eigenvalue weighted by Crippen LogP contribution is 2.11. The normalized spacial score (nSPS) is 17.4. The van der Waals surface area contributed by atoms with Gasteiger partial charge in [0.15, 0.2) is 0 Å². The van der Waals surface area contributed by atoms with E-state index in [2.05, 4.69) is 10.4 Å². The molecule has 0 radical (unpaired) electrons. The van der Waals surface area contributed by atoms with E-state index >= 15 is 0 Å². The number of aromatic nitrogens is 2. The molecule has 0 amide bonds. The van der Waals surface area contributed by atoms with Crippen LogP contribution < -0.4 is 5.32 Å². The van der Waals surface area contributed by atoms with Crippen LogP contribution >= 0.6 is 0 Å². The first kappa shape index (κ1) is 12.2. The molecule has 2 unspecified atom stereocenters. The lowest BCUT2D eigenvalue weighted by Gasteiger charge is -2.23. The lowest BCUT2D eigenvalue weighted by Crippen LogP contribution is -2.42. The van der Waals surface area contributed by atoms with Gasteiger partial charge in [-0.15, -0.1) is 0 Å². The average molecular weight is 213 g/mol. The summed E-state index contributed by atoms with van der Waals surface area (Å²) in [5, 5.41) is 25.7. The maximum Gasteiger partial charge on any atom is 0.0973 e. The molecule has 0 saturated heterocycles. The van der Waals surface area contributed by atoms with E-state index in [4.69, 9.17) is 5.11 Å². The first-order chi connectivity index (χ1) is 6.96. The van der Waals surface area contributed by atoms with Gasteiger partial charge >= 0.3 is 0 Å². The maximum atomic E-state index is 9.60. The molecule has 0 bridgehead atoms. The van der Waals surface area contributed by atoms with Crippen LogP contribution in [0.4, 0.5) is 0 Å². The molecule has 5 heteroatoms. The van der Waals surface area contributed by atoms with Gasteiger partial charge in [0.1, 0.15) is 0 Å². The van der Waals surface area contributed by atoms with E-state index in [9.17, 15) is 5.11 Å². The fourth-order valence-electron chi connectivity index (χ4n) is 1.34. The highest BCUT2D eigenvalue weighted by molar-refractivity contribution is 5.05. The van der Waals surface area contributed by atoms with E-state index in [1.807, 2.05) is 20.0 Å². The molecule has 0 aliphatic carbocycles. The monoisotopic (exact) mass is 213 g/mol. The Bertz CT molecular complexity index is 309. The van der Waals surface area contributed by atoms with Crippen LogP contribution in [0.15, 0.2) is 12.3 Å². The van der Waals surface area contributed by atoms with Gasteiger partial charge in [0.2, 0.25) is 0 Å². The summed E-state index contributed by atoms with van der Waals surface area (Å²) in [6.07, 6.45) is 1.73. The van der Waals surface area contributed by atoms with Crippen LogP contribution in [0.3, 0.4) is 0 Å². The topological polar surface area (TPSA) is 70.3 Å². The molecule has 3 N–H and O–H groups in total. The summed E-state index contributed by atoms with van der Waals surface area (Å²) in [5.74, 6) is 0. The van der Waals surface area contributed by atoms with E-state index in [-0.39, 0.29) is 12.6 Å². The molecule has 5 nitrogen and oxygen atoms in total. The van der Waals surface area contributed by atoms with E-state index in [1.165, 1.54) is 0 Å². The van der Waals surface area contributed by atoms with Gasteiger partial charge in [-0.1, -0.05) is 0 Å². The minimum atomic E-state index is -1.08. The predicted octanol–water partition coefficient (Wildman–Crippen LogP) is -0.186. The van der Waals surface area contributed by atoms with Crippen molar-refractivity contribution in [3.05, 3.63) is 18.0 Å². The van der Waals surface area contributed by atoms with Crippen LogP contribution in [0.25, 0.3) is 0 Å². The minimum absolute atomic E-state index is 0.0931. The van der Waals surface area contributed by atoms with Gasteiger partial charge in [0.05, 0.1) is 17.9 Å². The summed E-state index contributed by atoms with van der Waals surface area (Å²) in [7, 11) is 1.87. The van der Waals surface area contributed by atoms with Gasteiger partial charge in [-0.3, -0.25) is 4.68 Å². The van der Waals surface area contributed by atoms with Crippen molar-refractivity contribution in [1.29, 1.82) is 0 Å². The van der Waals surface area contributed by atoms with Crippen molar-refractivity contribution in [2.75, 3.05) is 13.2 Å². The van der Waals surface area contributed by atoms with Crippen molar-refractivity contribution in [3.8, 4) is 0 Å². The lowest BCUT2D eigenvalue weighted by atomic mass is 10.1. The Kier molecular flexibility index (Phi) is 3.84. The maximum absolute atomic E-state index is 9.60. The van der Waals surface area contributed by atoms with E-state index in [0.29, 0.717) is 6.54 Å². The van der Waals surface area contributed by atoms with Crippen LogP contribution in [0.2, 0.25) is 0 Å². The summed E-state index contributed by atoms with van der Waals surface area (Å²) in [4.78, 5) is 0. The second kappa shape index (κ2) is 4.74. The highest BCUT2D eigenvalue weighted by Gasteiger charge is 2.20. The quantitative estimate of drug-likeness (QED) is 0.634. The second-order valence-electron chi connectivity index (χ2n) is 4.14. The Labute approximate surface area is 89.7 Å². The smallest absolute Gasteiger partial charge is 0.0973 e. The number of nitrogens with zero attached hydrogens (tertiary/aromatic N) is 2. The molecule has 0 spiro atoms. The molecule has 2 atom stereocenters. The molecule has 86 valence electrons. The zero-order valence-electron chi connectivity index (χ0n) is 9.44. The second-order valence-corrected chi connectivity index (χ2v) is 4.14. The number of hydrogen-bond acceptors (Lipinski definition) is 4. The van der Waals surface area contributed by atoms with Gasteiger partial charge in [-0.2, -0.15) is 5.10 Å². The Morgan fingerprint density at radius 2 is 2.33 bits per heavy atom. The molecular weight excluding hydrogens is 194 g/mol. The molecule has 15 heavy (non-hydrogen) atoms. The van der Waals surface area contributed by atoms with Crippen LogP contribution in [-0.2, 0) is 7.05 Å². The van der Waals surface area contributed by atoms with Gasteiger partial charge in [0, 0.05) is 25.8 Å². The first-order valence-electron chi connectivity index (χ1n) is 5.01. The van der Waals surface area contributed by atoms with Crippen molar-refractivity contribution < 1.29 is 10.2 Å². The third-order valence-corrected chi connectivity index (χ3v) is 2.43. The Hall–Kier alpha value is -0.910. The number of nitrogens with one attached hydrogen (secondary N) is 1. The number of aryl methyl sites for hydroxylation is 1. The number of rotatable bonds is 5. The van der Waals surface area contributed by atoms with Crippen molar-refractivity contribution in [1.82, 2.24) is 15.1 Å². The predicted molar refractivity (Wildman–Crippen MR) is 57.3 cm³/mol. The number of hydrogen-bond donors (Lipinski definition) is 3. The average Bonchev–Trinajstić information content (AvgIpc) is 2.61. The highest BCUT2D eigenvalue weighted by atomic mass is 16.3. The van der Waals surface area contributed by atoms with Gasteiger partial charge in [0.25, 0.3) is 0 Å². The molecule has 1 aromatic heterocycles. The summed E-state index contributed by atoms with van der Waals surface area (Å²) in [5.41, 5.74) is -0.0314. The lowest BCUT2D eigenvalue weighted by molar-refractivity contribution is 0.000907. The van der Waals surface area contributed by atoms with Crippen molar-refractivity contribution in [2.24, 2.45) is 7.05 Å². The van der Waals surface area contributed by atoms with Gasteiger partial charge in [-0.25, -0.2) is 0 Å². The van der Waals surface area contributed by atoms with Gasteiger partial charge in [-0.05, 0) is 19.9 Å². The zero-order valence-corrected chi connectivity index (χ0v) is 9.44. The summed E-state index contributed by atoms with van der Waals surface area (Å²) < 4.78 is 1.78. The Balaban J connectivity index is 2.50. The molecule has 1 rings (SSSR count). The Morgan fingerprint density at radius 1 is 1.67 bits per heavy atom. The van der Waals surface area contributed by atoms with E-state index in [1.54, 1.807) is 17.8 Å². The molecule has 0 saturated carbocycles. The van der Waals surface area contributed by atoms with Gasteiger partial charge < -0.3 is 15.5 Å². The molecule has 1 aromatic rings. The first-order valence-corrected chi connectivity index (χ1v) is 5.01. The van der Waals surface area contributed by atoms with Crippen LogP contribution in [0, 0.1) is 0 Å². The van der Waals surface area contributed by atoms with Crippen LogP contribution in [0.5, 0.6) is 0 Å². The van der Waals surface area contributed by atoms with Crippen molar-refractivity contribution in [2.45, 2.75) is 25.5 Å². The Morgan fingerprint density at radius 3 is 2.80 bits per heavy atom. The third kappa shape index (κ3) is 3.30. The third-order valence-electron chi connectivity index (χ3n) is 2.43. The SMILES string of the molecule is CC(NCC(C)(O)CO)c1ccnn1C. The number of aliphatic hydroxyl groups is 2. The fourth-order valence-corrected chi connectivity index (χ4v) is 1.34.